The topological polar surface area (TPSA) is 43.8 Å². The Hall–Kier alpha value is -1.61. The van der Waals surface area contributed by atoms with Gasteiger partial charge in [0.1, 0.15) is 0 Å². The summed E-state index contributed by atoms with van der Waals surface area (Å²) in [5.41, 5.74) is 12.5. The Bertz CT molecular complexity index is 647. The van der Waals surface area contributed by atoms with E-state index in [0.717, 1.165) is 18.5 Å². The molecular formula is C17H23N3. The van der Waals surface area contributed by atoms with Gasteiger partial charge < -0.3 is 5.73 Å². The van der Waals surface area contributed by atoms with Crippen LogP contribution in [0.25, 0.3) is 11.1 Å². The standard InChI is InChI=1S/C17H23N3/c1-17(2,3)16-14(10-20(4)19-16)12-5-7-13-11(9-12)6-8-15(13)18/h5,7,9-10,15H,6,8,18H2,1-4H3. The summed E-state index contributed by atoms with van der Waals surface area (Å²) in [5, 5.41) is 4.66. The van der Waals surface area contributed by atoms with Crippen LogP contribution in [-0.2, 0) is 18.9 Å². The second-order valence-corrected chi connectivity index (χ2v) is 6.87. The number of aromatic nitrogens is 2. The number of hydrogen-bond acceptors (Lipinski definition) is 2. The van der Waals surface area contributed by atoms with E-state index in [1.54, 1.807) is 0 Å². The Labute approximate surface area is 120 Å². The summed E-state index contributed by atoms with van der Waals surface area (Å²) < 4.78 is 1.91. The monoisotopic (exact) mass is 269 g/mol. The van der Waals surface area contributed by atoms with Crippen LogP contribution in [0.4, 0.5) is 0 Å². The second kappa shape index (κ2) is 4.45. The van der Waals surface area contributed by atoms with E-state index in [2.05, 4.69) is 50.3 Å². The molecule has 1 heterocycles. The predicted octanol–water partition coefficient (Wildman–Crippen LogP) is 3.33. The lowest BCUT2D eigenvalue weighted by Crippen LogP contribution is -2.13. The van der Waals surface area contributed by atoms with Crippen molar-refractivity contribution in [2.75, 3.05) is 0 Å². The van der Waals surface area contributed by atoms with Gasteiger partial charge in [0.15, 0.2) is 0 Å². The van der Waals surface area contributed by atoms with Gasteiger partial charge in [0.25, 0.3) is 0 Å². The zero-order valence-corrected chi connectivity index (χ0v) is 12.8. The maximum absolute atomic E-state index is 6.12. The molecule has 106 valence electrons. The van der Waals surface area contributed by atoms with Gasteiger partial charge in [0.2, 0.25) is 0 Å². The van der Waals surface area contributed by atoms with Crippen molar-refractivity contribution in [3.05, 3.63) is 41.2 Å². The van der Waals surface area contributed by atoms with E-state index < -0.39 is 0 Å². The molecule has 0 saturated carbocycles. The molecule has 0 saturated heterocycles. The van der Waals surface area contributed by atoms with Crippen LogP contribution in [0.15, 0.2) is 24.4 Å². The SMILES string of the molecule is Cn1cc(-c2ccc3c(c2)CCC3N)c(C(C)(C)C)n1. The van der Waals surface area contributed by atoms with Crippen molar-refractivity contribution in [1.29, 1.82) is 0 Å². The number of aryl methyl sites for hydroxylation is 2. The maximum Gasteiger partial charge on any atom is 0.0756 e. The van der Waals surface area contributed by atoms with Crippen LogP contribution in [0.5, 0.6) is 0 Å². The van der Waals surface area contributed by atoms with Gasteiger partial charge in [-0.1, -0.05) is 39.0 Å². The third-order valence-corrected chi connectivity index (χ3v) is 4.12. The molecule has 2 aromatic rings. The molecule has 0 spiro atoms. The van der Waals surface area contributed by atoms with Crippen molar-refractivity contribution in [2.45, 2.75) is 45.1 Å². The van der Waals surface area contributed by atoms with E-state index in [0.29, 0.717) is 0 Å². The Morgan fingerprint density at radius 2 is 2.05 bits per heavy atom. The van der Waals surface area contributed by atoms with Crippen LogP contribution in [0.2, 0.25) is 0 Å². The summed E-state index contributed by atoms with van der Waals surface area (Å²) in [5.74, 6) is 0. The number of hydrogen-bond donors (Lipinski definition) is 1. The summed E-state index contributed by atoms with van der Waals surface area (Å²) in [4.78, 5) is 0. The third-order valence-electron chi connectivity index (χ3n) is 4.12. The molecule has 1 aromatic heterocycles. The summed E-state index contributed by atoms with van der Waals surface area (Å²) >= 11 is 0. The highest BCUT2D eigenvalue weighted by Crippen LogP contribution is 2.36. The maximum atomic E-state index is 6.12. The van der Waals surface area contributed by atoms with Gasteiger partial charge in [0.05, 0.1) is 5.69 Å². The first-order valence-electron chi connectivity index (χ1n) is 7.29. The second-order valence-electron chi connectivity index (χ2n) is 6.87. The molecule has 3 nitrogen and oxygen atoms in total. The molecular weight excluding hydrogens is 246 g/mol. The molecule has 3 heteroatoms. The number of nitrogens with zero attached hydrogens (tertiary/aromatic N) is 2. The summed E-state index contributed by atoms with van der Waals surface area (Å²) in [7, 11) is 1.99. The fourth-order valence-electron chi connectivity index (χ4n) is 3.07. The van der Waals surface area contributed by atoms with E-state index in [4.69, 9.17) is 5.73 Å². The quantitative estimate of drug-likeness (QED) is 0.863. The minimum absolute atomic E-state index is 0.0476. The number of fused-ring (bicyclic) bond motifs is 1. The van der Waals surface area contributed by atoms with Crippen molar-refractivity contribution >= 4 is 0 Å². The van der Waals surface area contributed by atoms with Crippen LogP contribution in [-0.4, -0.2) is 9.78 Å². The summed E-state index contributed by atoms with van der Waals surface area (Å²) in [6, 6.07) is 6.90. The van der Waals surface area contributed by atoms with Crippen molar-refractivity contribution in [3.8, 4) is 11.1 Å². The first-order chi connectivity index (χ1) is 9.36. The molecule has 0 radical (unpaired) electrons. The lowest BCUT2D eigenvalue weighted by Gasteiger charge is -2.18. The van der Waals surface area contributed by atoms with Crippen molar-refractivity contribution < 1.29 is 0 Å². The van der Waals surface area contributed by atoms with Gasteiger partial charge in [-0.2, -0.15) is 5.10 Å². The Morgan fingerprint density at radius 3 is 2.75 bits per heavy atom. The van der Waals surface area contributed by atoms with E-state index in [-0.39, 0.29) is 11.5 Å². The summed E-state index contributed by atoms with van der Waals surface area (Å²) in [6.45, 7) is 6.63. The Morgan fingerprint density at radius 1 is 1.30 bits per heavy atom. The smallest absolute Gasteiger partial charge is 0.0756 e. The Balaban J connectivity index is 2.11. The van der Waals surface area contributed by atoms with E-state index in [9.17, 15) is 0 Å². The molecule has 1 aliphatic carbocycles. The fourth-order valence-corrected chi connectivity index (χ4v) is 3.07. The van der Waals surface area contributed by atoms with Gasteiger partial charge in [-0.3, -0.25) is 4.68 Å². The highest BCUT2D eigenvalue weighted by molar-refractivity contribution is 5.68. The molecule has 2 N–H and O–H groups in total. The van der Waals surface area contributed by atoms with Gasteiger partial charge in [-0.15, -0.1) is 0 Å². The van der Waals surface area contributed by atoms with Gasteiger partial charge in [-0.05, 0) is 29.5 Å². The van der Waals surface area contributed by atoms with Crippen LogP contribution < -0.4 is 5.73 Å². The zero-order chi connectivity index (χ0) is 14.5. The molecule has 0 bridgehead atoms. The zero-order valence-electron chi connectivity index (χ0n) is 12.8. The van der Waals surface area contributed by atoms with Crippen LogP contribution >= 0.6 is 0 Å². The number of nitrogens with two attached hydrogens (primary N) is 1. The van der Waals surface area contributed by atoms with Gasteiger partial charge in [0, 0.05) is 30.3 Å². The lowest BCUT2D eigenvalue weighted by molar-refractivity contribution is 0.554. The van der Waals surface area contributed by atoms with E-state index >= 15 is 0 Å². The minimum Gasteiger partial charge on any atom is -0.324 e. The molecule has 1 aliphatic rings. The first kappa shape index (κ1) is 13.4. The largest absolute Gasteiger partial charge is 0.324 e. The highest BCUT2D eigenvalue weighted by atomic mass is 15.3. The van der Waals surface area contributed by atoms with E-state index in [1.807, 2.05) is 11.7 Å². The van der Waals surface area contributed by atoms with Gasteiger partial charge >= 0.3 is 0 Å². The van der Waals surface area contributed by atoms with Crippen molar-refractivity contribution in [3.63, 3.8) is 0 Å². The molecule has 1 unspecified atom stereocenters. The predicted molar refractivity (Wildman–Crippen MR) is 82.6 cm³/mol. The molecule has 3 rings (SSSR count). The molecule has 0 amide bonds. The summed E-state index contributed by atoms with van der Waals surface area (Å²) in [6.07, 6.45) is 4.28. The lowest BCUT2D eigenvalue weighted by atomic mass is 9.87. The average Bonchev–Trinajstić information content (AvgIpc) is 2.93. The van der Waals surface area contributed by atoms with Crippen LogP contribution in [0, 0.1) is 0 Å². The fraction of sp³-hybridized carbons (Fsp3) is 0.471. The van der Waals surface area contributed by atoms with Gasteiger partial charge in [-0.25, -0.2) is 0 Å². The van der Waals surface area contributed by atoms with Crippen molar-refractivity contribution in [1.82, 2.24) is 9.78 Å². The Kier molecular flexibility index (Phi) is 2.98. The first-order valence-corrected chi connectivity index (χ1v) is 7.29. The van der Waals surface area contributed by atoms with Crippen LogP contribution in [0.1, 0.15) is 50.1 Å². The van der Waals surface area contributed by atoms with Crippen molar-refractivity contribution in [2.24, 2.45) is 12.8 Å². The molecule has 0 fully saturated rings. The molecule has 0 aliphatic heterocycles. The van der Waals surface area contributed by atoms with E-state index in [1.165, 1.54) is 22.3 Å². The number of rotatable bonds is 1. The van der Waals surface area contributed by atoms with Crippen LogP contribution in [0.3, 0.4) is 0 Å². The molecule has 1 atom stereocenters. The highest BCUT2D eigenvalue weighted by Gasteiger charge is 2.24. The number of benzene rings is 1. The minimum atomic E-state index is 0.0476. The normalized spacial score (nSPS) is 18.4. The third kappa shape index (κ3) is 2.16. The molecule has 1 aromatic carbocycles. The average molecular weight is 269 g/mol. The molecule has 20 heavy (non-hydrogen) atoms.